The molecule has 0 spiro atoms. The maximum Gasteiger partial charge on any atom is 0.255 e. The predicted octanol–water partition coefficient (Wildman–Crippen LogP) is 1.07. The third-order valence-electron chi connectivity index (χ3n) is 3.30. The van der Waals surface area contributed by atoms with Crippen LogP contribution in [0.2, 0.25) is 0 Å². The van der Waals surface area contributed by atoms with Crippen molar-refractivity contribution in [3.8, 4) is 0 Å². The van der Waals surface area contributed by atoms with E-state index < -0.39 is 0 Å². The Bertz CT molecular complexity index is 448. The van der Waals surface area contributed by atoms with Crippen LogP contribution in [0, 0.1) is 0 Å². The number of anilines is 1. The zero-order valence-corrected chi connectivity index (χ0v) is 12.5. The van der Waals surface area contributed by atoms with Crippen LogP contribution in [0.1, 0.15) is 23.7 Å². The van der Waals surface area contributed by atoms with Gasteiger partial charge in [-0.2, -0.15) is 0 Å². The molecule has 0 radical (unpaired) electrons. The summed E-state index contributed by atoms with van der Waals surface area (Å²) in [6.45, 7) is 6.82. The Labute approximate surface area is 125 Å². The molecule has 21 heavy (non-hydrogen) atoms. The van der Waals surface area contributed by atoms with Crippen LogP contribution in [-0.4, -0.2) is 57.0 Å². The number of rotatable bonds is 7. The van der Waals surface area contributed by atoms with Crippen LogP contribution in [0.15, 0.2) is 18.3 Å². The second-order valence-corrected chi connectivity index (χ2v) is 4.78. The van der Waals surface area contributed by atoms with Crippen LogP contribution in [-0.2, 0) is 9.47 Å². The zero-order chi connectivity index (χ0) is 14.9. The Morgan fingerprint density at radius 3 is 3.05 bits per heavy atom. The predicted molar refractivity (Wildman–Crippen MR) is 80.7 cm³/mol. The summed E-state index contributed by atoms with van der Waals surface area (Å²) in [5.41, 5.74) is 0.621. The lowest BCUT2D eigenvalue weighted by atomic mass is 10.2. The van der Waals surface area contributed by atoms with Crippen LogP contribution < -0.4 is 10.2 Å². The van der Waals surface area contributed by atoms with E-state index in [4.69, 9.17) is 9.47 Å². The third-order valence-corrected chi connectivity index (χ3v) is 3.30. The van der Waals surface area contributed by atoms with Crippen molar-refractivity contribution in [3.63, 3.8) is 0 Å². The maximum absolute atomic E-state index is 12.3. The van der Waals surface area contributed by atoms with Crippen LogP contribution in [0.4, 0.5) is 5.82 Å². The number of aromatic nitrogens is 1. The Kier molecular flexibility index (Phi) is 6.43. The molecule has 2 rings (SSSR count). The molecule has 0 aliphatic carbocycles. The van der Waals surface area contributed by atoms with Gasteiger partial charge in [-0.05, 0) is 25.5 Å². The van der Waals surface area contributed by atoms with E-state index in [1.54, 1.807) is 12.3 Å². The molecule has 1 aliphatic rings. The maximum atomic E-state index is 12.3. The van der Waals surface area contributed by atoms with Crippen molar-refractivity contribution >= 4 is 11.7 Å². The summed E-state index contributed by atoms with van der Waals surface area (Å²) in [7, 11) is 0. The standard InChI is InChI=1S/C15H23N3O3/c1-2-20-10-4-7-17-15(19)13-5-3-6-16-14(13)18-8-11-21-12-9-18/h3,5-6H,2,4,7-12H2,1H3,(H,17,19). The normalized spacial score (nSPS) is 15.0. The van der Waals surface area contributed by atoms with Gasteiger partial charge < -0.3 is 19.7 Å². The number of hydrogen-bond acceptors (Lipinski definition) is 5. The fourth-order valence-electron chi connectivity index (χ4n) is 2.22. The molecule has 116 valence electrons. The Morgan fingerprint density at radius 2 is 2.29 bits per heavy atom. The summed E-state index contributed by atoms with van der Waals surface area (Å²) in [5, 5.41) is 2.92. The number of pyridine rings is 1. The molecule has 0 atom stereocenters. The molecular formula is C15H23N3O3. The van der Waals surface area contributed by atoms with Crippen molar-refractivity contribution in [1.29, 1.82) is 0 Å². The number of nitrogens with one attached hydrogen (secondary N) is 1. The van der Waals surface area contributed by atoms with E-state index in [1.165, 1.54) is 0 Å². The minimum atomic E-state index is -0.0823. The van der Waals surface area contributed by atoms with Gasteiger partial charge in [-0.25, -0.2) is 4.98 Å². The summed E-state index contributed by atoms with van der Waals surface area (Å²) in [6.07, 6.45) is 2.53. The highest BCUT2D eigenvalue weighted by atomic mass is 16.5. The molecule has 1 aromatic heterocycles. The van der Waals surface area contributed by atoms with Gasteiger partial charge >= 0.3 is 0 Å². The van der Waals surface area contributed by atoms with E-state index in [1.807, 2.05) is 13.0 Å². The highest BCUT2D eigenvalue weighted by Gasteiger charge is 2.19. The lowest BCUT2D eigenvalue weighted by Crippen LogP contribution is -2.38. The number of ether oxygens (including phenoxy) is 2. The first-order chi connectivity index (χ1) is 10.3. The molecule has 0 bridgehead atoms. The monoisotopic (exact) mass is 293 g/mol. The SMILES string of the molecule is CCOCCCNC(=O)c1cccnc1N1CCOCC1. The molecule has 1 aliphatic heterocycles. The minimum absolute atomic E-state index is 0.0823. The number of carbonyl (C=O) groups excluding carboxylic acids is 1. The van der Waals surface area contributed by atoms with Crippen molar-refractivity contribution in [2.45, 2.75) is 13.3 Å². The van der Waals surface area contributed by atoms with Gasteiger partial charge in [0.25, 0.3) is 5.91 Å². The van der Waals surface area contributed by atoms with Gasteiger partial charge in [0.15, 0.2) is 0 Å². The van der Waals surface area contributed by atoms with E-state index in [9.17, 15) is 4.79 Å². The zero-order valence-electron chi connectivity index (χ0n) is 12.5. The molecule has 2 heterocycles. The molecule has 0 aromatic carbocycles. The van der Waals surface area contributed by atoms with Crippen molar-refractivity contribution in [1.82, 2.24) is 10.3 Å². The number of hydrogen-bond donors (Lipinski definition) is 1. The molecule has 1 aromatic rings. The Morgan fingerprint density at radius 1 is 1.48 bits per heavy atom. The minimum Gasteiger partial charge on any atom is -0.382 e. The number of nitrogens with zero attached hydrogens (tertiary/aromatic N) is 2. The number of carbonyl (C=O) groups is 1. The van der Waals surface area contributed by atoms with E-state index in [2.05, 4.69) is 15.2 Å². The fourth-order valence-corrected chi connectivity index (χ4v) is 2.22. The first-order valence-corrected chi connectivity index (χ1v) is 7.46. The van der Waals surface area contributed by atoms with E-state index in [-0.39, 0.29) is 5.91 Å². The van der Waals surface area contributed by atoms with Gasteiger partial charge in [-0.3, -0.25) is 4.79 Å². The quantitative estimate of drug-likeness (QED) is 0.762. The largest absolute Gasteiger partial charge is 0.382 e. The molecule has 0 saturated carbocycles. The van der Waals surface area contributed by atoms with Gasteiger partial charge in [-0.15, -0.1) is 0 Å². The van der Waals surface area contributed by atoms with E-state index in [0.717, 1.165) is 25.3 Å². The van der Waals surface area contributed by atoms with Gasteiger partial charge in [0, 0.05) is 39.0 Å². The third kappa shape index (κ3) is 4.68. The highest BCUT2D eigenvalue weighted by Crippen LogP contribution is 2.18. The second-order valence-electron chi connectivity index (χ2n) is 4.78. The van der Waals surface area contributed by atoms with E-state index in [0.29, 0.717) is 38.5 Å². The molecular weight excluding hydrogens is 270 g/mol. The van der Waals surface area contributed by atoms with Crippen molar-refractivity contribution < 1.29 is 14.3 Å². The first kappa shape index (κ1) is 15.7. The molecule has 1 fully saturated rings. The number of morpholine rings is 1. The molecule has 1 amide bonds. The lowest BCUT2D eigenvalue weighted by molar-refractivity contribution is 0.0942. The number of amides is 1. The van der Waals surface area contributed by atoms with Crippen LogP contribution >= 0.6 is 0 Å². The fraction of sp³-hybridized carbons (Fsp3) is 0.600. The lowest BCUT2D eigenvalue weighted by Gasteiger charge is -2.29. The molecule has 6 nitrogen and oxygen atoms in total. The van der Waals surface area contributed by atoms with Crippen molar-refractivity contribution in [2.24, 2.45) is 0 Å². The molecule has 6 heteroatoms. The average molecular weight is 293 g/mol. The molecule has 1 saturated heterocycles. The summed E-state index contributed by atoms with van der Waals surface area (Å²) in [4.78, 5) is 18.8. The summed E-state index contributed by atoms with van der Waals surface area (Å²) < 4.78 is 10.6. The first-order valence-electron chi connectivity index (χ1n) is 7.46. The molecule has 1 N–H and O–H groups in total. The molecule has 0 unspecified atom stereocenters. The van der Waals surface area contributed by atoms with Gasteiger partial charge in [0.1, 0.15) is 5.82 Å². The van der Waals surface area contributed by atoms with Gasteiger partial charge in [-0.1, -0.05) is 0 Å². The van der Waals surface area contributed by atoms with Gasteiger partial charge in [0.05, 0.1) is 18.8 Å². The topological polar surface area (TPSA) is 63.7 Å². The van der Waals surface area contributed by atoms with Crippen LogP contribution in [0.5, 0.6) is 0 Å². The highest BCUT2D eigenvalue weighted by molar-refractivity contribution is 5.98. The average Bonchev–Trinajstić information content (AvgIpc) is 2.55. The van der Waals surface area contributed by atoms with Gasteiger partial charge in [0.2, 0.25) is 0 Å². The summed E-state index contributed by atoms with van der Waals surface area (Å²) >= 11 is 0. The smallest absolute Gasteiger partial charge is 0.255 e. The van der Waals surface area contributed by atoms with Crippen molar-refractivity contribution in [2.75, 3.05) is 51.0 Å². The van der Waals surface area contributed by atoms with Crippen LogP contribution in [0.25, 0.3) is 0 Å². The van der Waals surface area contributed by atoms with Crippen LogP contribution in [0.3, 0.4) is 0 Å². The van der Waals surface area contributed by atoms with E-state index >= 15 is 0 Å². The summed E-state index contributed by atoms with van der Waals surface area (Å²) in [6, 6.07) is 3.61. The Balaban J connectivity index is 1.93. The summed E-state index contributed by atoms with van der Waals surface area (Å²) in [5.74, 6) is 0.657. The Hall–Kier alpha value is -1.66. The second kappa shape index (κ2) is 8.59. The van der Waals surface area contributed by atoms with Crippen molar-refractivity contribution in [3.05, 3.63) is 23.9 Å².